The highest BCUT2D eigenvalue weighted by Gasteiger charge is 2.45. The maximum Gasteiger partial charge on any atom is 0.242 e. The lowest BCUT2D eigenvalue weighted by Gasteiger charge is -2.16. The number of H-pyrrole nitrogens is 1. The number of carbonyl (C=O) groups is 1. The second kappa shape index (κ2) is 6.03. The fraction of sp³-hybridized carbons (Fsp3) is 0.647. The molecule has 1 aliphatic carbocycles. The summed E-state index contributed by atoms with van der Waals surface area (Å²) >= 11 is 0. The lowest BCUT2D eigenvalue weighted by Crippen LogP contribution is -2.32. The van der Waals surface area contributed by atoms with Crippen LogP contribution in [0.15, 0.2) is 18.7 Å². The first kappa shape index (κ1) is 15.4. The summed E-state index contributed by atoms with van der Waals surface area (Å²) in [6.07, 6.45) is 7.77. The highest BCUT2D eigenvalue weighted by Crippen LogP contribution is 2.47. The molecule has 4 rings (SSSR count). The molecule has 7 nitrogen and oxygen atoms in total. The SMILES string of the molecule is CC(C)c1n[nH]c([C@H]2CN(C(=O)Cn3ccnc3)C[C@@H]2C2CC2)n1. The number of amides is 1. The molecule has 1 amide bonds. The van der Waals surface area contributed by atoms with E-state index in [1.807, 2.05) is 15.7 Å². The minimum Gasteiger partial charge on any atom is -0.340 e. The van der Waals surface area contributed by atoms with Gasteiger partial charge in [0, 0.05) is 37.3 Å². The smallest absolute Gasteiger partial charge is 0.242 e. The van der Waals surface area contributed by atoms with Gasteiger partial charge in [-0.15, -0.1) is 0 Å². The number of nitrogens with zero attached hydrogens (tertiary/aromatic N) is 5. The Morgan fingerprint density at radius 3 is 2.83 bits per heavy atom. The van der Waals surface area contributed by atoms with Gasteiger partial charge in [0.05, 0.1) is 6.33 Å². The Hall–Kier alpha value is -2.18. The van der Waals surface area contributed by atoms with Crippen LogP contribution in [0.25, 0.3) is 0 Å². The molecule has 2 aliphatic rings. The first-order valence-corrected chi connectivity index (χ1v) is 8.77. The van der Waals surface area contributed by atoms with Crippen molar-refractivity contribution >= 4 is 5.91 Å². The predicted octanol–water partition coefficient (Wildman–Crippen LogP) is 1.78. The highest BCUT2D eigenvalue weighted by molar-refractivity contribution is 5.76. The second-order valence-corrected chi connectivity index (χ2v) is 7.38. The van der Waals surface area contributed by atoms with Crippen LogP contribution in [0.3, 0.4) is 0 Å². The third-order valence-corrected chi connectivity index (χ3v) is 5.21. The molecule has 0 radical (unpaired) electrons. The molecule has 2 aromatic heterocycles. The number of aromatic amines is 1. The van der Waals surface area contributed by atoms with E-state index < -0.39 is 0 Å². The van der Waals surface area contributed by atoms with Crippen LogP contribution in [0.4, 0.5) is 0 Å². The van der Waals surface area contributed by atoms with Gasteiger partial charge >= 0.3 is 0 Å². The third kappa shape index (κ3) is 2.95. The van der Waals surface area contributed by atoms with Crippen molar-refractivity contribution in [1.82, 2.24) is 29.6 Å². The monoisotopic (exact) mass is 328 g/mol. The Bertz CT molecular complexity index is 702. The van der Waals surface area contributed by atoms with Crippen molar-refractivity contribution in [3.05, 3.63) is 30.4 Å². The van der Waals surface area contributed by atoms with Crippen LogP contribution in [0.1, 0.15) is 50.2 Å². The van der Waals surface area contributed by atoms with Crippen LogP contribution < -0.4 is 0 Å². The van der Waals surface area contributed by atoms with Gasteiger partial charge in [0.2, 0.25) is 5.91 Å². The molecule has 1 saturated carbocycles. The summed E-state index contributed by atoms with van der Waals surface area (Å²) in [5, 5.41) is 7.49. The minimum atomic E-state index is 0.157. The van der Waals surface area contributed by atoms with Gasteiger partial charge in [-0.3, -0.25) is 9.89 Å². The van der Waals surface area contributed by atoms with Crippen molar-refractivity contribution in [2.45, 2.75) is 45.1 Å². The number of likely N-dealkylation sites (tertiary alicyclic amines) is 1. The summed E-state index contributed by atoms with van der Waals surface area (Å²) in [6.45, 7) is 6.13. The highest BCUT2D eigenvalue weighted by atomic mass is 16.2. The number of hydrogen-bond acceptors (Lipinski definition) is 4. The van der Waals surface area contributed by atoms with Crippen molar-refractivity contribution < 1.29 is 4.79 Å². The summed E-state index contributed by atoms with van der Waals surface area (Å²) < 4.78 is 1.83. The summed E-state index contributed by atoms with van der Waals surface area (Å²) in [6, 6.07) is 0. The van der Waals surface area contributed by atoms with E-state index >= 15 is 0 Å². The second-order valence-electron chi connectivity index (χ2n) is 7.38. The van der Waals surface area contributed by atoms with E-state index in [9.17, 15) is 4.79 Å². The standard InChI is InChI=1S/C17H24N6O/c1-11(2)16-19-17(21-20-16)14-8-23(7-13(14)12-3-4-12)15(24)9-22-6-5-18-10-22/h5-6,10-14H,3-4,7-9H2,1-2H3,(H,19,20,21)/t13-,14+/m1/s1. The van der Waals surface area contributed by atoms with Gasteiger partial charge in [0.1, 0.15) is 12.4 Å². The maximum atomic E-state index is 12.6. The van der Waals surface area contributed by atoms with Crippen LogP contribution in [-0.2, 0) is 11.3 Å². The quantitative estimate of drug-likeness (QED) is 0.907. The lowest BCUT2D eigenvalue weighted by molar-refractivity contribution is -0.131. The largest absolute Gasteiger partial charge is 0.340 e. The summed E-state index contributed by atoms with van der Waals surface area (Å²) in [4.78, 5) is 23.3. The van der Waals surface area contributed by atoms with Gasteiger partial charge < -0.3 is 9.47 Å². The number of carbonyl (C=O) groups excluding carboxylic acids is 1. The van der Waals surface area contributed by atoms with E-state index in [0.717, 1.165) is 30.7 Å². The van der Waals surface area contributed by atoms with Gasteiger partial charge in [-0.2, -0.15) is 5.10 Å². The van der Waals surface area contributed by atoms with E-state index in [0.29, 0.717) is 18.4 Å². The van der Waals surface area contributed by atoms with Crippen LogP contribution in [0.5, 0.6) is 0 Å². The van der Waals surface area contributed by atoms with Crippen molar-refractivity contribution in [2.24, 2.45) is 11.8 Å². The average Bonchev–Trinajstić information content (AvgIpc) is 2.99. The molecule has 7 heteroatoms. The topological polar surface area (TPSA) is 79.7 Å². The van der Waals surface area contributed by atoms with E-state index in [-0.39, 0.29) is 11.8 Å². The van der Waals surface area contributed by atoms with Gasteiger partial charge in [0.25, 0.3) is 0 Å². The molecule has 2 atom stereocenters. The zero-order chi connectivity index (χ0) is 16.7. The number of nitrogens with one attached hydrogen (secondary N) is 1. The van der Waals surface area contributed by atoms with E-state index in [2.05, 4.69) is 29.0 Å². The fourth-order valence-corrected chi connectivity index (χ4v) is 3.67. The van der Waals surface area contributed by atoms with Gasteiger partial charge in [-0.05, 0) is 24.7 Å². The molecule has 0 spiro atoms. The molecule has 0 aromatic carbocycles. The zero-order valence-electron chi connectivity index (χ0n) is 14.2. The molecule has 2 aromatic rings. The van der Waals surface area contributed by atoms with Crippen molar-refractivity contribution in [3.63, 3.8) is 0 Å². The summed E-state index contributed by atoms with van der Waals surface area (Å²) in [7, 11) is 0. The molecule has 3 heterocycles. The van der Waals surface area contributed by atoms with Crippen LogP contribution >= 0.6 is 0 Å². The molecule has 1 N–H and O–H groups in total. The Morgan fingerprint density at radius 1 is 1.38 bits per heavy atom. The number of aromatic nitrogens is 5. The van der Waals surface area contributed by atoms with E-state index in [1.54, 1.807) is 12.5 Å². The Kier molecular flexibility index (Phi) is 3.86. The van der Waals surface area contributed by atoms with Crippen LogP contribution in [0.2, 0.25) is 0 Å². The normalized spacial score (nSPS) is 24.0. The number of hydrogen-bond donors (Lipinski definition) is 1. The first-order valence-electron chi connectivity index (χ1n) is 8.77. The van der Waals surface area contributed by atoms with E-state index in [1.165, 1.54) is 12.8 Å². The molecule has 0 unspecified atom stereocenters. The minimum absolute atomic E-state index is 0.157. The number of imidazole rings is 1. The van der Waals surface area contributed by atoms with Crippen molar-refractivity contribution in [3.8, 4) is 0 Å². The molecular formula is C17H24N6O. The van der Waals surface area contributed by atoms with E-state index in [4.69, 9.17) is 4.98 Å². The average molecular weight is 328 g/mol. The molecular weight excluding hydrogens is 304 g/mol. The first-order chi connectivity index (χ1) is 11.6. The lowest BCUT2D eigenvalue weighted by atomic mass is 9.91. The molecule has 1 saturated heterocycles. The third-order valence-electron chi connectivity index (χ3n) is 5.21. The number of rotatable bonds is 5. The molecule has 1 aliphatic heterocycles. The van der Waals surface area contributed by atoms with Crippen molar-refractivity contribution in [1.29, 1.82) is 0 Å². The zero-order valence-corrected chi connectivity index (χ0v) is 14.2. The fourth-order valence-electron chi connectivity index (χ4n) is 3.67. The molecule has 0 bridgehead atoms. The predicted molar refractivity (Wildman–Crippen MR) is 88.2 cm³/mol. The Labute approximate surface area is 141 Å². The molecule has 128 valence electrons. The Morgan fingerprint density at radius 2 is 2.21 bits per heavy atom. The van der Waals surface area contributed by atoms with Crippen LogP contribution in [0, 0.1) is 11.8 Å². The summed E-state index contributed by atoms with van der Waals surface area (Å²) in [5.41, 5.74) is 0. The van der Waals surface area contributed by atoms with Crippen molar-refractivity contribution in [2.75, 3.05) is 13.1 Å². The molecule has 24 heavy (non-hydrogen) atoms. The van der Waals surface area contributed by atoms with Gasteiger partial charge in [0.15, 0.2) is 5.82 Å². The molecule has 2 fully saturated rings. The summed E-state index contributed by atoms with van der Waals surface area (Å²) in [5.74, 6) is 3.80. The van der Waals surface area contributed by atoms with Gasteiger partial charge in [-0.1, -0.05) is 13.8 Å². The maximum absolute atomic E-state index is 12.6. The van der Waals surface area contributed by atoms with Gasteiger partial charge in [-0.25, -0.2) is 9.97 Å². The Balaban J connectivity index is 1.50. The van der Waals surface area contributed by atoms with Crippen LogP contribution in [-0.4, -0.2) is 48.6 Å².